The molecule has 0 aromatic carbocycles. The number of hydrogen-bond acceptors (Lipinski definition) is 3. The van der Waals surface area contributed by atoms with Crippen LogP contribution in [0.4, 0.5) is 0 Å². The Morgan fingerprint density at radius 3 is 1.10 bits per heavy atom. The van der Waals surface area contributed by atoms with Gasteiger partial charge in [0.25, 0.3) is 0 Å². The van der Waals surface area contributed by atoms with E-state index in [1.807, 2.05) is 0 Å². The molecule has 64 valence electrons. The molecule has 0 aromatic heterocycles. The molecule has 0 amide bonds. The average molecular weight is 186 g/mol. The van der Waals surface area contributed by atoms with E-state index in [-0.39, 0.29) is 7.26 Å². The Morgan fingerprint density at radius 1 is 1.10 bits per heavy atom. The lowest BCUT2D eigenvalue weighted by atomic mass is 11.8. The molecule has 0 radical (unpaired) electrons. The highest BCUT2D eigenvalue weighted by molar-refractivity contribution is 7.84. The van der Waals surface area contributed by atoms with Crippen LogP contribution in [0.3, 0.4) is 0 Å². The van der Waals surface area contributed by atoms with Gasteiger partial charge in [0.15, 0.2) is 0 Å². The van der Waals surface area contributed by atoms with E-state index >= 15 is 0 Å². The molecule has 0 rings (SSSR count). The monoisotopic (exact) mass is 186 g/mol. The molecular weight excluding hydrogens is 171 g/mol. The SMILES string of the molecule is CS(=O)(=O)[O-].C[P+](C)(C)C. The maximum atomic E-state index is 9.08. The maximum Gasteiger partial charge on any atom is 0.0916 e. The highest BCUT2D eigenvalue weighted by Crippen LogP contribution is 2.40. The first-order valence-corrected chi connectivity index (χ1v) is 8.09. The Hall–Kier alpha value is 0.340. The molecule has 0 spiro atoms. The van der Waals surface area contributed by atoms with Crippen molar-refractivity contribution in [2.45, 2.75) is 0 Å². The fourth-order valence-electron chi connectivity index (χ4n) is 0. The van der Waals surface area contributed by atoms with E-state index in [1.165, 1.54) is 0 Å². The van der Waals surface area contributed by atoms with Gasteiger partial charge in [-0.25, -0.2) is 8.42 Å². The maximum absolute atomic E-state index is 9.08. The van der Waals surface area contributed by atoms with Crippen LogP contribution in [0.2, 0.25) is 0 Å². The van der Waals surface area contributed by atoms with Crippen LogP contribution in [-0.2, 0) is 10.1 Å². The molecule has 0 saturated carbocycles. The van der Waals surface area contributed by atoms with Gasteiger partial charge in [0.2, 0.25) is 0 Å². The van der Waals surface area contributed by atoms with E-state index in [0.29, 0.717) is 6.26 Å². The van der Waals surface area contributed by atoms with E-state index in [0.717, 1.165) is 0 Å². The predicted octanol–water partition coefficient (Wildman–Crippen LogP) is 0.685. The van der Waals surface area contributed by atoms with Crippen molar-refractivity contribution in [3.63, 3.8) is 0 Å². The van der Waals surface area contributed by atoms with Crippen LogP contribution in [0.25, 0.3) is 0 Å². The lowest BCUT2D eigenvalue weighted by molar-refractivity contribution is 0.470. The van der Waals surface area contributed by atoms with E-state index in [4.69, 9.17) is 13.0 Å². The normalized spacial score (nSPS) is 11.8. The summed E-state index contributed by atoms with van der Waals surface area (Å²) >= 11 is 0. The molecule has 0 aromatic rings. The third kappa shape index (κ3) is 3890. The van der Waals surface area contributed by atoms with Gasteiger partial charge in [-0.1, -0.05) is 0 Å². The average Bonchev–Trinajstić information content (AvgIpc) is 1.12. The molecule has 0 unspecified atom stereocenters. The lowest BCUT2D eigenvalue weighted by Gasteiger charge is -1.97. The molecule has 10 heavy (non-hydrogen) atoms. The molecule has 0 N–H and O–H groups in total. The van der Waals surface area contributed by atoms with E-state index in [1.54, 1.807) is 0 Å². The molecule has 0 bridgehead atoms. The lowest BCUT2D eigenvalue weighted by Crippen LogP contribution is -1.88. The van der Waals surface area contributed by atoms with Gasteiger partial charge >= 0.3 is 0 Å². The fraction of sp³-hybridized carbons (Fsp3) is 1.00. The van der Waals surface area contributed by atoms with Crippen LogP contribution >= 0.6 is 7.26 Å². The van der Waals surface area contributed by atoms with Crippen LogP contribution < -0.4 is 0 Å². The summed E-state index contributed by atoms with van der Waals surface area (Å²) in [5.41, 5.74) is 0. The molecule has 5 heteroatoms. The van der Waals surface area contributed by atoms with Gasteiger partial charge in [-0.3, -0.25) is 0 Å². The molecule has 0 aliphatic carbocycles. The Kier molecular flexibility index (Phi) is 5.53. The highest BCUT2D eigenvalue weighted by Gasteiger charge is 2.03. The zero-order chi connectivity index (χ0) is 9.00. The van der Waals surface area contributed by atoms with E-state index in [2.05, 4.69) is 26.7 Å². The van der Waals surface area contributed by atoms with Crippen molar-refractivity contribution in [3.8, 4) is 0 Å². The summed E-state index contributed by atoms with van der Waals surface area (Å²) < 4.78 is 27.2. The third-order valence-electron chi connectivity index (χ3n) is 0. The zero-order valence-corrected chi connectivity index (χ0v) is 8.79. The molecule has 0 aliphatic heterocycles. The minimum Gasteiger partial charge on any atom is -0.748 e. The Bertz CT molecular complexity index is 152. The van der Waals surface area contributed by atoms with Crippen LogP contribution in [-0.4, -0.2) is 45.9 Å². The summed E-state index contributed by atoms with van der Waals surface area (Å²) in [5, 5.41) is 0. The summed E-state index contributed by atoms with van der Waals surface area (Å²) in [4.78, 5) is 0. The topological polar surface area (TPSA) is 57.2 Å². The van der Waals surface area contributed by atoms with Crippen LogP contribution in [0.15, 0.2) is 0 Å². The predicted molar refractivity (Wildman–Crippen MR) is 46.2 cm³/mol. The standard InChI is InChI=1S/C4H12P.CH4O3S/c2*1-5(2,3)4/h1-4H3;1H3,(H,2,3,4)/q+1;/p-1. The highest BCUT2D eigenvalue weighted by atomic mass is 32.2. The number of hydrogen-bond donors (Lipinski definition) is 0. The molecule has 0 fully saturated rings. The summed E-state index contributed by atoms with van der Waals surface area (Å²) in [7, 11) is -4.31. The largest absolute Gasteiger partial charge is 0.748 e. The molecule has 0 saturated heterocycles. The second-order valence-electron chi connectivity index (χ2n) is 3.39. The van der Waals surface area contributed by atoms with Gasteiger partial charge in [0.1, 0.15) is 0 Å². The van der Waals surface area contributed by atoms with Crippen molar-refractivity contribution in [1.82, 2.24) is 0 Å². The zero-order valence-electron chi connectivity index (χ0n) is 7.08. The molecule has 0 heterocycles. The first kappa shape index (κ1) is 13.0. The van der Waals surface area contributed by atoms with Crippen molar-refractivity contribution in [3.05, 3.63) is 0 Å². The van der Waals surface area contributed by atoms with Gasteiger partial charge < -0.3 is 4.55 Å². The number of rotatable bonds is 0. The van der Waals surface area contributed by atoms with Crippen molar-refractivity contribution >= 4 is 17.4 Å². The first-order chi connectivity index (χ1) is 4.00. The van der Waals surface area contributed by atoms with Crippen LogP contribution in [0, 0.1) is 0 Å². The van der Waals surface area contributed by atoms with Crippen molar-refractivity contribution < 1.29 is 13.0 Å². The van der Waals surface area contributed by atoms with Crippen LogP contribution in [0.5, 0.6) is 0 Å². The van der Waals surface area contributed by atoms with Gasteiger partial charge in [-0.05, 0) is 0 Å². The molecule has 0 atom stereocenters. The summed E-state index contributed by atoms with van der Waals surface area (Å²) in [5.74, 6) is 0. The van der Waals surface area contributed by atoms with E-state index in [9.17, 15) is 0 Å². The summed E-state index contributed by atoms with van der Waals surface area (Å²) in [6, 6.07) is 0. The van der Waals surface area contributed by atoms with Crippen molar-refractivity contribution in [2.75, 3.05) is 32.9 Å². The quantitative estimate of drug-likeness (QED) is 0.413. The Morgan fingerprint density at radius 2 is 1.10 bits per heavy atom. The molecule has 0 aliphatic rings. The first-order valence-electron chi connectivity index (χ1n) is 2.70. The molecular formula is C5H15O3PS. The molecule has 3 nitrogen and oxygen atoms in total. The summed E-state index contributed by atoms with van der Waals surface area (Å²) in [6.07, 6.45) is 0.604. The van der Waals surface area contributed by atoms with Gasteiger partial charge in [-0.2, -0.15) is 0 Å². The van der Waals surface area contributed by atoms with Gasteiger partial charge in [0.05, 0.1) is 10.1 Å². The Labute approximate surface area is 63.9 Å². The van der Waals surface area contributed by atoms with Gasteiger partial charge in [-0.15, -0.1) is 0 Å². The van der Waals surface area contributed by atoms with Crippen molar-refractivity contribution in [2.24, 2.45) is 0 Å². The smallest absolute Gasteiger partial charge is 0.0916 e. The second kappa shape index (κ2) is 4.27. The minimum atomic E-state index is -3.92. The summed E-state index contributed by atoms with van der Waals surface area (Å²) in [6.45, 7) is 9.19. The Balaban J connectivity index is 0. The van der Waals surface area contributed by atoms with E-state index < -0.39 is 10.1 Å². The fourth-order valence-corrected chi connectivity index (χ4v) is 0. The van der Waals surface area contributed by atoms with Crippen LogP contribution in [0.1, 0.15) is 0 Å². The third-order valence-corrected chi connectivity index (χ3v) is 0. The van der Waals surface area contributed by atoms with Crippen molar-refractivity contribution in [1.29, 1.82) is 0 Å². The minimum absolute atomic E-state index is 0.389. The van der Waals surface area contributed by atoms with Gasteiger partial charge in [0, 0.05) is 40.2 Å². The second-order valence-corrected chi connectivity index (χ2v) is 10.2.